The second-order valence-electron chi connectivity index (χ2n) is 6.48. The fraction of sp³-hybridized carbons (Fsp3) is 0.263. The fourth-order valence-corrected chi connectivity index (χ4v) is 4.39. The number of fused-ring (bicyclic) bond motifs is 1. The second kappa shape index (κ2) is 7.69. The van der Waals surface area contributed by atoms with E-state index in [1.807, 2.05) is 12.1 Å². The monoisotopic (exact) mass is 418 g/mol. The molecule has 1 aliphatic heterocycles. The number of aromatic hydroxyl groups is 1. The molecule has 0 saturated heterocycles. The minimum Gasteiger partial charge on any atom is -0.493 e. The molecule has 1 atom stereocenters. The number of carbonyl (C=O) groups excluding carboxylic acids is 1. The van der Waals surface area contributed by atoms with Gasteiger partial charge in [-0.1, -0.05) is 32.0 Å². The Hall–Kier alpha value is -2.78. The number of aromatic nitrogens is 1. The van der Waals surface area contributed by atoms with Crippen molar-refractivity contribution in [2.45, 2.75) is 19.9 Å². The lowest BCUT2D eigenvalue weighted by molar-refractivity contribution is -0.142. The Kier molecular flexibility index (Phi) is 5.48. The van der Waals surface area contributed by atoms with E-state index in [9.17, 15) is 19.8 Å². The summed E-state index contributed by atoms with van der Waals surface area (Å²) in [6, 6.07) is 6.20. The van der Waals surface area contributed by atoms with Gasteiger partial charge in [0.25, 0.3) is 0 Å². The highest BCUT2D eigenvalue weighted by Crippen LogP contribution is 2.40. The number of carboxylic acids is 1. The van der Waals surface area contributed by atoms with Gasteiger partial charge in [0.1, 0.15) is 6.04 Å². The number of nitrogens with zero attached hydrogens (tertiary/aromatic N) is 2. The number of rotatable bonds is 5. The molecule has 2 N–H and O–H groups in total. The molecule has 1 aliphatic rings. The number of benzene rings is 1. The highest BCUT2D eigenvalue weighted by molar-refractivity contribution is 7.73. The van der Waals surface area contributed by atoms with Gasteiger partial charge < -0.3 is 14.9 Å². The van der Waals surface area contributed by atoms with Crippen LogP contribution >= 0.6 is 23.6 Å². The van der Waals surface area contributed by atoms with Gasteiger partial charge in [-0.2, -0.15) is 0 Å². The molecule has 1 unspecified atom stereocenters. The molecule has 2 heterocycles. The number of methoxy groups -OCH3 is 1. The maximum absolute atomic E-state index is 12.2. The third-order valence-corrected chi connectivity index (χ3v) is 5.68. The van der Waals surface area contributed by atoms with Crippen LogP contribution in [0.25, 0.3) is 11.6 Å². The molecule has 0 amide bonds. The van der Waals surface area contributed by atoms with Crippen LogP contribution in [-0.2, 0) is 14.3 Å². The van der Waals surface area contributed by atoms with E-state index >= 15 is 0 Å². The summed E-state index contributed by atoms with van der Waals surface area (Å²) in [6.07, 6.45) is 1.59. The number of thiazole rings is 1. The summed E-state index contributed by atoms with van der Waals surface area (Å²) >= 11 is 6.37. The zero-order valence-electron chi connectivity index (χ0n) is 15.4. The Labute approximate surface area is 170 Å². The lowest BCUT2D eigenvalue weighted by Gasteiger charge is -2.18. The Balaban J connectivity index is 2.17. The molecule has 3 rings (SSSR count). The number of para-hydroxylation sites is 1. The standard InChI is InChI=1S/C19H18N2O5S2/c1-9(2)15(17(23)24)21-16(22)13(28-19(21)27)8-11-10-6-4-5-7-12(10)20-14(11)18(25)26-3/h4-9,15,22H,1-3H3,(H,23,24)/b11-8+. The molecule has 2 aromatic rings. The van der Waals surface area contributed by atoms with Crippen molar-refractivity contribution in [1.29, 1.82) is 0 Å². The first-order valence-corrected chi connectivity index (χ1v) is 9.64. The quantitative estimate of drug-likeness (QED) is 0.561. The highest BCUT2D eigenvalue weighted by atomic mass is 32.1. The zero-order valence-corrected chi connectivity index (χ0v) is 17.0. The van der Waals surface area contributed by atoms with E-state index in [4.69, 9.17) is 17.0 Å². The molecule has 7 nitrogen and oxygen atoms in total. The van der Waals surface area contributed by atoms with Crippen molar-refractivity contribution in [2.24, 2.45) is 10.9 Å². The molecule has 0 bridgehead atoms. The van der Waals surface area contributed by atoms with E-state index in [2.05, 4.69) is 4.99 Å². The summed E-state index contributed by atoms with van der Waals surface area (Å²) in [4.78, 5) is 28.5. The summed E-state index contributed by atoms with van der Waals surface area (Å²) in [5.74, 6) is -2.22. The molecule has 146 valence electrons. The van der Waals surface area contributed by atoms with E-state index in [1.165, 1.54) is 11.7 Å². The molecule has 0 aliphatic carbocycles. The number of hydrogen-bond acceptors (Lipinski definition) is 7. The molecule has 0 saturated carbocycles. The Morgan fingerprint density at radius 1 is 1.32 bits per heavy atom. The van der Waals surface area contributed by atoms with Gasteiger partial charge in [-0.15, -0.1) is 11.3 Å². The Morgan fingerprint density at radius 3 is 2.61 bits per heavy atom. The maximum atomic E-state index is 12.2. The molecule has 0 radical (unpaired) electrons. The average Bonchev–Trinajstić information content (AvgIpc) is 3.14. The van der Waals surface area contributed by atoms with E-state index < -0.39 is 18.0 Å². The minimum absolute atomic E-state index is 0.118. The summed E-state index contributed by atoms with van der Waals surface area (Å²) in [5.41, 5.74) is 1.93. The second-order valence-corrected chi connectivity index (χ2v) is 8.16. The van der Waals surface area contributed by atoms with E-state index in [0.29, 0.717) is 21.7 Å². The van der Waals surface area contributed by atoms with Gasteiger partial charge in [-0.3, -0.25) is 4.57 Å². The first kappa shape index (κ1) is 20.0. The predicted octanol–water partition coefficient (Wildman–Crippen LogP) is 4.07. The van der Waals surface area contributed by atoms with Crippen LogP contribution in [0.1, 0.15) is 30.3 Å². The van der Waals surface area contributed by atoms with Crippen LogP contribution in [0.2, 0.25) is 0 Å². The van der Waals surface area contributed by atoms with Crippen LogP contribution in [0, 0.1) is 9.87 Å². The molecule has 9 heteroatoms. The Morgan fingerprint density at radius 2 is 2.00 bits per heavy atom. The molecule has 1 aromatic heterocycles. The first-order valence-electron chi connectivity index (χ1n) is 8.41. The molecule has 0 spiro atoms. The minimum atomic E-state index is -1.08. The zero-order chi connectivity index (χ0) is 20.6. The molecule has 1 aromatic carbocycles. The first-order chi connectivity index (χ1) is 13.3. The Bertz CT molecular complexity index is 1080. The summed E-state index contributed by atoms with van der Waals surface area (Å²) in [7, 11) is 1.27. The van der Waals surface area contributed by atoms with Gasteiger partial charge in [0.05, 0.1) is 17.7 Å². The van der Waals surface area contributed by atoms with E-state index in [1.54, 1.807) is 32.1 Å². The van der Waals surface area contributed by atoms with Gasteiger partial charge in [0, 0.05) is 11.1 Å². The van der Waals surface area contributed by atoms with Crippen LogP contribution < -0.4 is 0 Å². The normalized spacial score (nSPS) is 15.4. The van der Waals surface area contributed by atoms with Crippen molar-refractivity contribution < 1.29 is 24.5 Å². The van der Waals surface area contributed by atoms with Crippen molar-refractivity contribution in [3.05, 3.63) is 38.7 Å². The molecule has 28 heavy (non-hydrogen) atoms. The lowest BCUT2D eigenvalue weighted by atomic mass is 10.0. The molecule has 0 fully saturated rings. The van der Waals surface area contributed by atoms with Crippen LogP contribution in [0.5, 0.6) is 5.88 Å². The van der Waals surface area contributed by atoms with Crippen LogP contribution in [0.15, 0.2) is 29.3 Å². The summed E-state index contributed by atoms with van der Waals surface area (Å²) in [5, 5.41) is 20.3. The fourth-order valence-electron chi connectivity index (χ4n) is 3.06. The third kappa shape index (κ3) is 3.38. The number of hydrogen-bond donors (Lipinski definition) is 2. The van der Waals surface area contributed by atoms with Gasteiger partial charge in [0.2, 0.25) is 5.88 Å². The van der Waals surface area contributed by atoms with Crippen molar-refractivity contribution in [1.82, 2.24) is 4.57 Å². The van der Waals surface area contributed by atoms with Crippen molar-refractivity contribution >= 4 is 58.5 Å². The van der Waals surface area contributed by atoms with Gasteiger partial charge in [-0.25, -0.2) is 14.6 Å². The number of carbonyl (C=O) groups is 2. The summed E-state index contributed by atoms with van der Waals surface area (Å²) < 4.78 is 6.28. The van der Waals surface area contributed by atoms with Gasteiger partial charge >= 0.3 is 11.9 Å². The van der Waals surface area contributed by atoms with Crippen molar-refractivity contribution in [2.75, 3.05) is 7.11 Å². The topological polar surface area (TPSA) is 101 Å². The van der Waals surface area contributed by atoms with Gasteiger partial charge in [-0.05, 0) is 30.3 Å². The van der Waals surface area contributed by atoms with Gasteiger partial charge in [0.15, 0.2) is 9.67 Å². The van der Waals surface area contributed by atoms with Crippen LogP contribution in [-0.4, -0.2) is 39.5 Å². The lowest BCUT2D eigenvalue weighted by Crippen LogP contribution is -2.23. The molecular weight excluding hydrogens is 400 g/mol. The number of carboxylic acid groups (broad SMARTS) is 1. The molecular formula is C19H18N2O5S2. The SMILES string of the molecule is COC(=O)C1=Nc2ccccc2/C1=C\c1sc(=S)n(C(C(=O)O)C(C)C)c1O. The highest BCUT2D eigenvalue weighted by Gasteiger charge is 2.30. The summed E-state index contributed by atoms with van der Waals surface area (Å²) in [6.45, 7) is 3.48. The number of aliphatic imine (C=N–C) groups is 1. The van der Waals surface area contributed by atoms with Crippen LogP contribution in [0.4, 0.5) is 5.69 Å². The third-order valence-electron chi connectivity index (χ3n) is 4.34. The smallest absolute Gasteiger partial charge is 0.357 e. The number of esters is 1. The van der Waals surface area contributed by atoms with Crippen molar-refractivity contribution in [3.8, 4) is 5.88 Å². The van der Waals surface area contributed by atoms with Crippen molar-refractivity contribution in [3.63, 3.8) is 0 Å². The average molecular weight is 418 g/mol. The van der Waals surface area contributed by atoms with E-state index in [-0.39, 0.29) is 21.5 Å². The largest absolute Gasteiger partial charge is 0.493 e. The number of aliphatic carboxylic acids is 1. The maximum Gasteiger partial charge on any atom is 0.357 e. The van der Waals surface area contributed by atoms with E-state index in [0.717, 1.165) is 11.3 Å². The number of ether oxygens (including phenoxy) is 1. The predicted molar refractivity (Wildman–Crippen MR) is 110 cm³/mol. The van der Waals surface area contributed by atoms with Crippen LogP contribution in [0.3, 0.4) is 0 Å².